The lowest BCUT2D eigenvalue weighted by Gasteiger charge is -2.36. The molecule has 0 unspecified atom stereocenters. The van der Waals surface area contributed by atoms with Gasteiger partial charge in [0.1, 0.15) is 5.82 Å². The number of rotatable bonds is 5. The Bertz CT molecular complexity index is 699. The average Bonchev–Trinajstić information content (AvgIpc) is 3.03. The standard InChI is InChI=1S/C17H19BrFN3O2/c18-16-6-5-15(24-16)17(23)20-7-8-21-9-11-22(12-10-21)14-4-2-1-3-13(14)19/h1-6H,7-12H2,(H,20,23). The summed E-state index contributed by atoms with van der Waals surface area (Å²) in [5, 5.41) is 2.84. The van der Waals surface area contributed by atoms with Gasteiger partial charge < -0.3 is 14.6 Å². The maximum Gasteiger partial charge on any atom is 0.287 e. The minimum Gasteiger partial charge on any atom is -0.444 e. The molecule has 0 aliphatic carbocycles. The van der Waals surface area contributed by atoms with E-state index in [1.807, 2.05) is 12.1 Å². The predicted molar refractivity (Wildman–Crippen MR) is 93.8 cm³/mol. The highest BCUT2D eigenvalue weighted by Gasteiger charge is 2.19. The molecule has 1 fully saturated rings. The maximum atomic E-state index is 13.8. The molecule has 0 atom stereocenters. The second-order valence-electron chi connectivity index (χ2n) is 5.64. The first kappa shape index (κ1) is 17.0. The summed E-state index contributed by atoms with van der Waals surface area (Å²) in [6, 6.07) is 10.2. The fourth-order valence-electron chi connectivity index (χ4n) is 2.77. The van der Waals surface area contributed by atoms with E-state index in [1.165, 1.54) is 6.07 Å². The van der Waals surface area contributed by atoms with Crippen LogP contribution in [-0.4, -0.2) is 50.1 Å². The smallest absolute Gasteiger partial charge is 0.287 e. The molecular formula is C17H19BrFN3O2. The van der Waals surface area contributed by atoms with Crippen LogP contribution >= 0.6 is 15.9 Å². The summed E-state index contributed by atoms with van der Waals surface area (Å²) in [6.45, 7) is 4.56. The Labute approximate surface area is 148 Å². The van der Waals surface area contributed by atoms with Gasteiger partial charge >= 0.3 is 0 Å². The van der Waals surface area contributed by atoms with Gasteiger partial charge in [0.15, 0.2) is 10.4 Å². The number of carbonyl (C=O) groups is 1. The number of anilines is 1. The first-order valence-electron chi connectivity index (χ1n) is 7.89. The molecule has 0 radical (unpaired) electrons. The monoisotopic (exact) mass is 395 g/mol. The molecule has 1 aliphatic heterocycles. The number of piperazine rings is 1. The number of benzene rings is 1. The maximum absolute atomic E-state index is 13.8. The lowest BCUT2D eigenvalue weighted by Crippen LogP contribution is -2.48. The number of hydrogen-bond donors (Lipinski definition) is 1. The number of nitrogens with one attached hydrogen (secondary N) is 1. The van der Waals surface area contributed by atoms with Gasteiger partial charge in [0.05, 0.1) is 5.69 Å². The normalized spacial score (nSPS) is 15.5. The van der Waals surface area contributed by atoms with Crippen LogP contribution in [0, 0.1) is 5.82 Å². The number of nitrogens with zero attached hydrogens (tertiary/aromatic N) is 2. The first-order valence-corrected chi connectivity index (χ1v) is 8.68. The largest absolute Gasteiger partial charge is 0.444 e. The Morgan fingerprint density at radius 3 is 2.58 bits per heavy atom. The molecule has 1 aromatic heterocycles. The third kappa shape index (κ3) is 4.15. The molecule has 128 valence electrons. The van der Waals surface area contributed by atoms with Gasteiger partial charge in [0.25, 0.3) is 5.91 Å². The van der Waals surface area contributed by atoms with Crippen molar-refractivity contribution in [2.75, 3.05) is 44.2 Å². The summed E-state index contributed by atoms with van der Waals surface area (Å²) in [5.41, 5.74) is 0.661. The zero-order valence-electron chi connectivity index (χ0n) is 13.2. The lowest BCUT2D eigenvalue weighted by molar-refractivity contribution is 0.0919. The van der Waals surface area contributed by atoms with Crippen molar-refractivity contribution in [1.82, 2.24) is 10.2 Å². The molecule has 24 heavy (non-hydrogen) atoms. The summed E-state index contributed by atoms with van der Waals surface area (Å²) in [6.07, 6.45) is 0. The number of furan rings is 1. The van der Waals surface area contributed by atoms with Crippen molar-refractivity contribution >= 4 is 27.5 Å². The van der Waals surface area contributed by atoms with Crippen LogP contribution in [0.4, 0.5) is 10.1 Å². The van der Waals surface area contributed by atoms with Gasteiger partial charge in [-0.25, -0.2) is 4.39 Å². The quantitative estimate of drug-likeness (QED) is 0.845. The van der Waals surface area contributed by atoms with Crippen LogP contribution in [-0.2, 0) is 0 Å². The van der Waals surface area contributed by atoms with E-state index in [0.717, 1.165) is 32.7 Å². The van der Waals surface area contributed by atoms with Gasteiger partial charge in [-0.3, -0.25) is 9.69 Å². The molecule has 1 aliphatic rings. The van der Waals surface area contributed by atoms with Gasteiger partial charge in [-0.05, 0) is 40.2 Å². The van der Waals surface area contributed by atoms with Crippen molar-refractivity contribution in [3.8, 4) is 0 Å². The number of amides is 1. The highest BCUT2D eigenvalue weighted by Crippen LogP contribution is 2.20. The zero-order chi connectivity index (χ0) is 16.9. The van der Waals surface area contributed by atoms with Crippen molar-refractivity contribution in [2.45, 2.75) is 0 Å². The number of para-hydroxylation sites is 1. The minimum absolute atomic E-state index is 0.178. The Morgan fingerprint density at radius 1 is 1.17 bits per heavy atom. The summed E-state index contributed by atoms with van der Waals surface area (Å²) in [4.78, 5) is 16.2. The summed E-state index contributed by atoms with van der Waals surface area (Å²) in [7, 11) is 0. The van der Waals surface area contributed by atoms with E-state index in [0.29, 0.717) is 22.7 Å². The number of carbonyl (C=O) groups excluding carboxylic acids is 1. The molecular weight excluding hydrogens is 377 g/mol. The van der Waals surface area contributed by atoms with Gasteiger partial charge in [0, 0.05) is 39.3 Å². The van der Waals surface area contributed by atoms with Crippen molar-refractivity contribution in [2.24, 2.45) is 0 Å². The van der Waals surface area contributed by atoms with E-state index in [9.17, 15) is 9.18 Å². The molecule has 2 aromatic rings. The average molecular weight is 396 g/mol. The Morgan fingerprint density at radius 2 is 1.92 bits per heavy atom. The highest BCUT2D eigenvalue weighted by atomic mass is 79.9. The molecule has 0 bridgehead atoms. The number of halogens is 2. The van der Waals surface area contributed by atoms with E-state index < -0.39 is 0 Å². The Hall–Kier alpha value is -1.86. The van der Waals surface area contributed by atoms with Gasteiger partial charge in [-0.2, -0.15) is 0 Å². The van der Waals surface area contributed by atoms with Crippen molar-refractivity contribution < 1.29 is 13.6 Å². The lowest BCUT2D eigenvalue weighted by atomic mass is 10.2. The molecule has 7 heteroatoms. The fourth-order valence-corrected chi connectivity index (χ4v) is 3.08. The minimum atomic E-state index is -0.217. The third-order valence-corrected chi connectivity index (χ3v) is 4.50. The molecule has 1 aromatic carbocycles. The SMILES string of the molecule is O=C(NCCN1CCN(c2ccccc2F)CC1)c1ccc(Br)o1. The van der Waals surface area contributed by atoms with Crippen LogP contribution in [0.5, 0.6) is 0 Å². The third-order valence-electron chi connectivity index (χ3n) is 4.08. The van der Waals surface area contributed by atoms with E-state index in [2.05, 4.69) is 31.0 Å². The summed E-state index contributed by atoms with van der Waals surface area (Å²) < 4.78 is 19.6. The van der Waals surface area contributed by atoms with Gasteiger partial charge in [-0.1, -0.05) is 12.1 Å². The van der Waals surface area contributed by atoms with E-state index in [-0.39, 0.29) is 11.7 Å². The second-order valence-corrected chi connectivity index (χ2v) is 6.42. The van der Waals surface area contributed by atoms with E-state index in [4.69, 9.17) is 4.42 Å². The van der Waals surface area contributed by atoms with Crippen LogP contribution in [0.3, 0.4) is 0 Å². The first-order chi connectivity index (χ1) is 11.6. The van der Waals surface area contributed by atoms with Crippen LogP contribution in [0.15, 0.2) is 45.5 Å². The fraction of sp³-hybridized carbons (Fsp3) is 0.353. The van der Waals surface area contributed by atoms with Crippen LogP contribution in [0.25, 0.3) is 0 Å². The van der Waals surface area contributed by atoms with Crippen LogP contribution in [0.2, 0.25) is 0 Å². The Balaban J connectivity index is 1.41. The van der Waals surface area contributed by atoms with Crippen LogP contribution in [0.1, 0.15) is 10.6 Å². The molecule has 1 saturated heterocycles. The van der Waals surface area contributed by atoms with Gasteiger partial charge in [-0.15, -0.1) is 0 Å². The molecule has 0 saturated carbocycles. The van der Waals surface area contributed by atoms with E-state index in [1.54, 1.807) is 18.2 Å². The van der Waals surface area contributed by atoms with E-state index >= 15 is 0 Å². The second kappa shape index (κ2) is 7.81. The summed E-state index contributed by atoms with van der Waals surface area (Å²) in [5.74, 6) is -0.0974. The van der Waals surface area contributed by atoms with Crippen LogP contribution < -0.4 is 10.2 Å². The molecule has 1 amide bonds. The molecule has 1 N–H and O–H groups in total. The topological polar surface area (TPSA) is 48.7 Å². The van der Waals surface area contributed by atoms with Crippen molar-refractivity contribution in [1.29, 1.82) is 0 Å². The Kier molecular flexibility index (Phi) is 5.52. The van der Waals surface area contributed by atoms with Crippen molar-refractivity contribution in [3.05, 3.63) is 52.6 Å². The zero-order valence-corrected chi connectivity index (χ0v) is 14.8. The molecule has 0 spiro atoms. The predicted octanol–water partition coefficient (Wildman–Crippen LogP) is 2.73. The molecule has 5 nitrogen and oxygen atoms in total. The van der Waals surface area contributed by atoms with Crippen molar-refractivity contribution in [3.63, 3.8) is 0 Å². The summed E-state index contributed by atoms with van der Waals surface area (Å²) >= 11 is 3.17. The molecule has 2 heterocycles. The molecule has 3 rings (SSSR count). The number of hydrogen-bond acceptors (Lipinski definition) is 4. The highest BCUT2D eigenvalue weighted by molar-refractivity contribution is 9.10. The van der Waals surface area contributed by atoms with Gasteiger partial charge in [0.2, 0.25) is 0 Å².